The molecule has 0 saturated carbocycles. The van der Waals surface area contributed by atoms with Gasteiger partial charge in [-0.3, -0.25) is 4.79 Å². The monoisotopic (exact) mass is 449 g/mol. The predicted molar refractivity (Wildman–Crippen MR) is 112 cm³/mol. The van der Waals surface area contributed by atoms with Crippen LogP contribution in [-0.2, 0) is 21.4 Å². The molecule has 0 spiro atoms. The van der Waals surface area contributed by atoms with E-state index in [4.69, 9.17) is 9.47 Å². The molecular formula is C20H23N3O5S2. The van der Waals surface area contributed by atoms with Gasteiger partial charge in [-0.05, 0) is 49.6 Å². The Morgan fingerprint density at radius 3 is 2.70 bits per heavy atom. The minimum Gasteiger partial charge on any atom is -0.454 e. The Labute approximate surface area is 180 Å². The highest BCUT2D eigenvalue weighted by Crippen LogP contribution is 2.32. The van der Waals surface area contributed by atoms with Crippen molar-refractivity contribution in [2.24, 2.45) is 0 Å². The van der Waals surface area contributed by atoms with E-state index in [9.17, 15) is 13.2 Å². The van der Waals surface area contributed by atoms with E-state index in [-0.39, 0.29) is 22.8 Å². The summed E-state index contributed by atoms with van der Waals surface area (Å²) in [5, 5.41) is 3.11. The quantitative estimate of drug-likeness (QED) is 0.648. The lowest BCUT2D eigenvalue weighted by Crippen LogP contribution is -2.30. The van der Waals surface area contributed by atoms with E-state index in [0.29, 0.717) is 36.2 Å². The smallest absolute Gasteiger partial charge is 0.244 e. The molecule has 10 heteroatoms. The molecule has 1 N–H and O–H groups in total. The summed E-state index contributed by atoms with van der Waals surface area (Å²) in [6.45, 7) is 3.49. The maximum Gasteiger partial charge on any atom is 0.244 e. The number of amides is 1. The molecule has 30 heavy (non-hydrogen) atoms. The van der Waals surface area contributed by atoms with Gasteiger partial charge in [0, 0.05) is 25.8 Å². The highest BCUT2D eigenvalue weighted by atomic mass is 32.2. The number of hydrogen-bond donors (Lipinski definition) is 1. The van der Waals surface area contributed by atoms with Crippen LogP contribution < -0.4 is 14.8 Å². The summed E-state index contributed by atoms with van der Waals surface area (Å²) >= 11 is 1.28. The minimum atomic E-state index is -3.48. The lowest BCUT2D eigenvalue weighted by atomic mass is 10.2. The van der Waals surface area contributed by atoms with E-state index in [2.05, 4.69) is 10.3 Å². The van der Waals surface area contributed by atoms with Crippen molar-refractivity contribution >= 4 is 27.7 Å². The Kier molecular flexibility index (Phi) is 6.16. The van der Waals surface area contributed by atoms with Crippen LogP contribution in [0.15, 0.2) is 46.5 Å². The number of sulfonamides is 1. The molecule has 160 valence electrons. The number of hydrogen-bond acceptors (Lipinski definition) is 7. The molecule has 4 rings (SSSR count). The van der Waals surface area contributed by atoms with Gasteiger partial charge in [0.25, 0.3) is 0 Å². The number of ether oxygens (including phenoxy) is 2. The molecule has 0 bridgehead atoms. The first-order valence-corrected chi connectivity index (χ1v) is 12.0. The largest absolute Gasteiger partial charge is 0.454 e. The van der Waals surface area contributed by atoms with Crippen molar-refractivity contribution in [1.29, 1.82) is 0 Å². The predicted octanol–water partition coefficient (Wildman–Crippen LogP) is 2.39. The molecule has 2 aliphatic heterocycles. The number of benzene rings is 1. The topological polar surface area (TPSA) is 97.8 Å². The second kappa shape index (κ2) is 8.83. The summed E-state index contributed by atoms with van der Waals surface area (Å²) in [5.74, 6) is 1.25. The first kappa shape index (κ1) is 21.0. The number of pyridine rings is 1. The summed E-state index contributed by atoms with van der Waals surface area (Å²) < 4.78 is 37.2. The van der Waals surface area contributed by atoms with E-state index < -0.39 is 10.0 Å². The van der Waals surface area contributed by atoms with Crippen LogP contribution in [0.1, 0.15) is 25.3 Å². The number of fused-ring (bicyclic) bond motifs is 1. The van der Waals surface area contributed by atoms with E-state index >= 15 is 0 Å². The van der Waals surface area contributed by atoms with Gasteiger partial charge in [-0.2, -0.15) is 4.31 Å². The summed E-state index contributed by atoms with van der Waals surface area (Å²) in [7, 11) is -3.48. The fraction of sp³-hybridized carbons (Fsp3) is 0.400. The molecule has 1 aromatic carbocycles. The second-order valence-electron chi connectivity index (χ2n) is 7.11. The summed E-state index contributed by atoms with van der Waals surface area (Å²) in [5.41, 5.74) is 0.916. The van der Waals surface area contributed by atoms with Gasteiger partial charge in [0.1, 0.15) is 4.90 Å². The standard InChI is InChI=1S/C20H23N3O5S2/c1-14(20(24)22-11-15-4-6-17-18(10-15)28-13-27-17)29-19-7-5-16(12-21-19)30(25,26)23-8-2-3-9-23/h4-7,10,12,14H,2-3,8-9,11,13H2,1H3,(H,22,24). The maximum absolute atomic E-state index is 12.6. The molecule has 1 amide bonds. The molecule has 3 heterocycles. The number of carbonyl (C=O) groups is 1. The van der Waals surface area contributed by atoms with E-state index in [1.54, 1.807) is 19.1 Å². The summed E-state index contributed by atoms with van der Waals surface area (Å²) in [4.78, 5) is 16.9. The Hall–Kier alpha value is -2.30. The van der Waals surface area contributed by atoms with E-state index in [1.165, 1.54) is 22.3 Å². The molecule has 1 atom stereocenters. The summed E-state index contributed by atoms with van der Waals surface area (Å²) in [6, 6.07) is 8.76. The van der Waals surface area contributed by atoms with Crippen LogP contribution in [0.3, 0.4) is 0 Å². The third-order valence-electron chi connectivity index (χ3n) is 4.98. The number of nitrogens with zero attached hydrogens (tertiary/aromatic N) is 2. The molecule has 1 saturated heterocycles. The second-order valence-corrected chi connectivity index (χ2v) is 10.4. The third-order valence-corrected chi connectivity index (χ3v) is 7.92. The van der Waals surface area contributed by atoms with E-state index in [1.807, 2.05) is 18.2 Å². The van der Waals surface area contributed by atoms with Gasteiger partial charge >= 0.3 is 0 Å². The zero-order valence-electron chi connectivity index (χ0n) is 16.5. The van der Waals surface area contributed by atoms with Gasteiger partial charge in [0.05, 0.1) is 10.3 Å². The molecule has 2 aromatic rings. The molecule has 8 nitrogen and oxygen atoms in total. The fourth-order valence-corrected chi connectivity index (χ4v) is 5.56. The van der Waals surface area contributed by atoms with Crippen molar-refractivity contribution < 1.29 is 22.7 Å². The van der Waals surface area contributed by atoms with Crippen molar-refractivity contribution in [3.63, 3.8) is 0 Å². The average molecular weight is 450 g/mol. The van der Waals surface area contributed by atoms with Gasteiger partial charge in [-0.15, -0.1) is 0 Å². The van der Waals surface area contributed by atoms with Crippen molar-refractivity contribution in [2.75, 3.05) is 19.9 Å². The Balaban J connectivity index is 1.32. The Bertz CT molecular complexity index is 1020. The SMILES string of the molecule is CC(Sc1ccc(S(=O)(=O)N2CCCC2)cn1)C(=O)NCc1ccc2c(c1)OCO2. The first-order valence-electron chi connectivity index (χ1n) is 9.72. The number of thioether (sulfide) groups is 1. The number of nitrogens with one attached hydrogen (secondary N) is 1. The normalized spacial score (nSPS) is 17.1. The highest BCUT2D eigenvalue weighted by molar-refractivity contribution is 8.00. The van der Waals surface area contributed by atoms with Crippen LogP contribution in [0.25, 0.3) is 0 Å². The van der Waals surface area contributed by atoms with Crippen molar-refractivity contribution in [3.8, 4) is 11.5 Å². The summed E-state index contributed by atoms with van der Waals surface area (Å²) in [6.07, 6.45) is 3.15. The van der Waals surface area contributed by atoms with Crippen molar-refractivity contribution in [1.82, 2.24) is 14.6 Å². The average Bonchev–Trinajstić information content (AvgIpc) is 3.44. The van der Waals surface area contributed by atoms with Crippen molar-refractivity contribution in [2.45, 2.75) is 41.5 Å². The number of rotatable bonds is 7. The van der Waals surface area contributed by atoms with Gasteiger partial charge in [0.2, 0.25) is 22.7 Å². The van der Waals surface area contributed by atoms with Crippen LogP contribution in [0.5, 0.6) is 11.5 Å². The van der Waals surface area contributed by atoms with Crippen LogP contribution >= 0.6 is 11.8 Å². The van der Waals surface area contributed by atoms with Crippen LogP contribution in [0.2, 0.25) is 0 Å². The molecule has 0 radical (unpaired) electrons. The number of aromatic nitrogens is 1. The molecule has 2 aliphatic rings. The minimum absolute atomic E-state index is 0.131. The Morgan fingerprint density at radius 1 is 1.20 bits per heavy atom. The van der Waals surface area contributed by atoms with Gasteiger partial charge in [0.15, 0.2) is 11.5 Å². The number of carbonyl (C=O) groups excluding carboxylic acids is 1. The molecular weight excluding hydrogens is 426 g/mol. The van der Waals surface area contributed by atoms with Gasteiger partial charge < -0.3 is 14.8 Å². The van der Waals surface area contributed by atoms with Crippen molar-refractivity contribution in [3.05, 3.63) is 42.1 Å². The van der Waals surface area contributed by atoms with Gasteiger partial charge in [-0.1, -0.05) is 17.8 Å². The maximum atomic E-state index is 12.6. The van der Waals surface area contributed by atoms with Crippen LogP contribution in [0.4, 0.5) is 0 Å². The molecule has 0 aliphatic carbocycles. The van der Waals surface area contributed by atoms with Crippen LogP contribution in [-0.4, -0.2) is 48.7 Å². The first-order chi connectivity index (χ1) is 14.4. The third kappa shape index (κ3) is 4.55. The molecule has 1 unspecified atom stereocenters. The highest BCUT2D eigenvalue weighted by Gasteiger charge is 2.27. The molecule has 1 aromatic heterocycles. The zero-order valence-corrected chi connectivity index (χ0v) is 18.2. The van der Waals surface area contributed by atoms with E-state index in [0.717, 1.165) is 18.4 Å². The lowest BCUT2D eigenvalue weighted by molar-refractivity contribution is -0.120. The molecule has 1 fully saturated rings. The zero-order chi connectivity index (χ0) is 21.1. The fourth-order valence-electron chi connectivity index (χ4n) is 3.29. The Morgan fingerprint density at radius 2 is 1.97 bits per heavy atom. The lowest BCUT2D eigenvalue weighted by Gasteiger charge is -2.15. The van der Waals surface area contributed by atoms with Gasteiger partial charge in [-0.25, -0.2) is 13.4 Å². The van der Waals surface area contributed by atoms with Crippen LogP contribution in [0, 0.1) is 0 Å².